The van der Waals surface area contributed by atoms with Gasteiger partial charge in [0.05, 0.1) is 18.8 Å². The number of rotatable bonds is 1. The van der Waals surface area contributed by atoms with E-state index >= 15 is 0 Å². The van der Waals surface area contributed by atoms with Crippen molar-refractivity contribution in [3.8, 4) is 17.6 Å². The van der Waals surface area contributed by atoms with Crippen molar-refractivity contribution < 1.29 is 22.6 Å². The maximum Gasteiger partial charge on any atom is 0.430 e. The van der Waals surface area contributed by atoms with Gasteiger partial charge in [-0.1, -0.05) is 12.1 Å². The molecular formula is C12H8F3NO2. The molecule has 0 bridgehead atoms. The molecule has 0 saturated heterocycles. The zero-order valence-corrected chi connectivity index (χ0v) is 9.28. The molecule has 94 valence electrons. The number of fused-ring (bicyclic) bond motifs is 1. The molecule has 6 heteroatoms. The maximum atomic E-state index is 12.8. The van der Waals surface area contributed by atoms with Crippen LogP contribution in [0, 0.1) is 11.3 Å². The quantitative estimate of drug-likeness (QED) is 0.774. The number of halogens is 3. The highest BCUT2D eigenvalue weighted by Gasteiger charge is 2.46. The van der Waals surface area contributed by atoms with Crippen LogP contribution in [0.3, 0.4) is 0 Å². The largest absolute Gasteiger partial charge is 0.493 e. The number of para-hydroxylation sites is 1. The molecule has 1 atom stereocenters. The van der Waals surface area contributed by atoms with Crippen molar-refractivity contribution in [1.82, 2.24) is 0 Å². The number of hydrogen-bond donors (Lipinski definition) is 0. The average molecular weight is 255 g/mol. The summed E-state index contributed by atoms with van der Waals surface area (Å²) < 4.78 is 48.1. The van der Waals surface area contributed by atoms with Gasteiger partial charge in [-0.2, -0.15) is 18.4 Å². The van der Waals surface area contributed by atoms with Crippen LogP contribution >= 0.6 is 0 Å². The number of alkyl halides is 3. The monoisotopic (exact) mass is 255 g/mol. The Labute approximate surface area is 101 Å². The molecular weight excluding hydrogens is 247 g/mol. The van der Waals surface area contributed by atoms with Gasteiger partial charge >= 0.3 is 6.18 Å². The van der Waals surface area contributed by atoms with Crippen LogP contribution in [0.1, 0.15) is 5.56 Å². The Hall–Kier alpha value is -2.16. The Morgan fingerprint density at radius 2 is 2.11 bits per heavy atom. The smallest absolute Gasteiger partial charge is 0.430 e. The molecule has 1 aromatic rings. The second-order valence-electron chi connectivity index (χ2n) is 3.63. The summed E-state index contributed by atoms with van der Waals surface area (Å²) >= 11 is 0. The number of hydrogen-bond acceptors (Lipinski definition) is 3. The van der Waals surface area contributed by atoms with Crippen LogP contribution in [0.25, 0.3) is 6.08 Å². The zero-order chi connectivity index (χ0) is 13.3. The fourth-order valence-electron chi connectivity index (χ4n) is 1.69. The Morgan fingerprint density at radius 1 is 1.39 bits per heavy atom. The fraction of sp³-hybridized carbons (Fsp3) is 0.250. The van der Waals surface area contributed by atoms with Crippen LogP contribution in [0.4, 0.5) is 13.2 Å². The summed E-state index contributed by atoms with van der Waals surface area (Å²) in [6, 6.07) is 6.18. The molecule has 0 aromatic heterocycles. The first kappa shape index (κ1) is 12.3. The Bertz CT molecular complexity index is 543. The van der Waals surface area contributed by atoms with E-state index in [1.807, 2.05) is 0 Å². The van der Waals surface area contributed by atoms with E-state index in [4.69, 9.17) is 14.7 Å². The molecule has 1 aromatic carbocycles. The molecule has 18 heavy (non-hydrogen) atoms. The van der Waals surface area contributed by atoms with Gasteiger partial charge in [0.1, 0.15) is 0 Å². The molecule has 0 spiro atoms. The van der Waals surface area contributed by atoms with Crippen LogP contribution in [-0.2, 0) is 0 Å². The topological polar surface area (TPSA) is 42.2 Å². The highest BCUT2D eigenvalue weighted by atomic mass is 19.4. The Kier molecular flexibility index (Phi) is 2.91. The van der Waals surface area contributed by atoms with Gasteiger partial charge in [0.25, 0.3) is 0 Å². The molecule has 0 saturated carbocycles. The first-order chi connectivity index (χ1) is 8.47. The Morgan fingerprint density at radius 3 is 2.67 bits per heavy atom. The summed E-state index contributed by atoms with van der Waals surface area (Å²) in [6.45, 7) is 0. The summed E-state index contributed by atoms with van der Waals surface area (Å²) in [6.07, 6.45) is -5.72. The van der Waals surface area contributed by atoms with Crippen LogP contribution < -0.4 is 9.47 Å². The molecule has 1 aliphatic rings. The van der Waals surface area contributed by atoms with Gasteiger partial charge in [-0.3, -0.25) is 0 Å². The van der Waals surface area contributed by atoms with Gasteiger partial charge in [-0.15, -0.1) is 0 Å². The van der Waals surface area contributed by atoms with Crippen LogP contribution in [0.2, 0.25) is 0 Å². The van der Waals surface area contributed by atoms with Crippen molar-refractivity contribution >= 4 is 6.08 Å². The molecule has 3 nitrogen and oxygen atoms in total. The summed E-state index contributed by atoms with van der Waals surface area (Å²) in [5, 5.41) is 8.75. The van der Waals surface area contributed by atoms with Gasteiger partial charge in [-0.05, 0) is 12.1 Å². The lowest BCUT2D eigenvalue weighted by Gasteiger charge is -2.26. The number of ether oxygens (including phenoxy) is 2. The summed E-state index contributed by atoms with van der Waals surface area (Å²) in [5.74, 6) is 0.205. The minimum absolute atomic E-state index is 0.00123. The molecule has 0 aliphatic carbocycles. The minimum Gasteiger partial charge on any atom is -0.493 e. The second kappa shape index (κ2) is 4.26. The lowest BCUT2D eigenvalue weighted by Crippen LogP contribution is -2.37. The van der Waals surface area contributed by atoms with Gasteiger partial charge in [0, 0.05) is 5.56 Å². The molecule has 1 heterocycles. The maximum absolute atomic E-state index is 12.8. The molecule has 0 fully saturated rings. The van der Waals surface area contributed by atoms with Gasteiger partial charge in [-0.25, -0.2) is 0 Å². The van der Waals surface area contributed by atoms with E-state index in [9.17, 15) is 13.2 Å². The van der Waals surface area contributed by atoms with Gasteiger partial charge < -0.3 is 9.47 Å². The van der Waals surface area contributed by atoms with Crippen molar-refractivity contribution in [3.63, 3.8) is 0 Å². The SMILES string of the molecule is COc1cccc2c1OC(C(F)(F)F)C(C#N)=C2. The van der Waals surface area contributed by atoms with E-state index in [0.29, 0.717) is 5.56 Å². The van der Waals surface area contributed by atoms with E-state index in [-0.39, 0.29) is 11.5 Å². The number of nitriles is 1. The lowest BCUT2D eigenvalue weighted by molar-refractivity contribution is -0.182. The average Bonchev–Trinajstić information content (AvgIpc) is 2.35. The first-order valence-electron chi connectivity index (χ1n) is 4.99. The van der Waals surface area contributed by atoms with Crippen molar-refractivity contribution in [2.75, 3.05) is 7.11 Å². The first-order valence-corrected chi connectivity index (χ1v) is 4.99. The van der Waals surface area contributed by atoms with Crippen LogP contribution in [-0.4, -0.2) is 19.4 Å². The lowest BCUT2D eigenvalue weighted by atomic mass is 10.0. The van der Waals surface area contributed by atoms with Gasteiger partial charge in [0.2, 0.25) is 6.10 Å². The van der Waals surface area contributed by atoms with Gasteiger partial charge in [0.15, 0.2) is 11.5 Å². The molecule has 1 unspecified atom stereocenters. The third-order valence-electron chi connectivity index (χ3n) is 2.48. The molecule has 1 aliphatic heterocycles. The van der Waals surface area contributed by atoms with E-state index in [2.05, 4.69) is 0 Å². The van der Waals surface area contributed by atoms with Crippen molar-refractivity contribution in [1.29, 1.82) is 5.26 Å². The second-order valence-corrected chi connectivity index (χ2v) is 3.63. The standard InChI is InChI=1S/C12H8F3NO2/c1-17-9-4-2-3-7-5-8(6-16)11(12(13,14)15)18-10(7)9/h2-5,11H,1H3. The summed E-state index contributed by atoms with van der Waals surface area (Å²) in [4.78, 5) is 0. The third kappa shape index (κ3) is 1.99. The highest BCUT2D eigenvalue weighted by molar-refractivity contribution is 5.69. The number of benzene rings is 1. The van der Waals surface area contributed by atoms with Crippen molar-refractivity contribution in [3.05, 3.63) is 29.3 Å². The van der Waals surface area contributed by atoms with Crippen molar-refractivity contribution in [2.24, 2.45) is 0 Å². The molecule has 0 amide bonds. The van der Waals surface area contributed by atoms with Crippen molar-refractivity contribution in [2.45, 2.75) is 12.3 Å². The predicted molar refractivity (Wildman–Crippen MR) is 57.1 cm³/mol. The molecule has 0 N–H and O–H groups in total. The minimum atomic E-state index is -4.64. The molecule has 0 radical (unpaired) electrons. The zero-order valence-electron chi connectivity index (χ0n) is 9.28. The third-order valence-corrected chi connectivity index (χ3v) is 2.48. The summed E-state index contributed by atoms with van der Waals surface area (Å²) in [5.41, 5.74) is -0.0744. The normalized spacial score (nSPS) is 18.2. The van der Waals surface area contributed by atoms with E-state index in [1.165, 1.54) is 25.3 Å². The molecule has 2 rings (SSSR count). The van der Waals surface area contributed by atoms with Crippen LogP contribution in [0.5, 0.6) is 11.5 Å². The van der Waals surface area contributed by atoms with E-state index in [1.54, 1.807) is 12.1 Å². The van der Waals surface area contributed by atoms with E-state index < -0.39 is 17.9 Å². The number of nitrogens with zero attached hydrogens (tertiary/aromatic N) is 1. The van der Waals surface area contributed by atoms with Crippen LogP contribution in [0.15, 0.2) is 23.8 Å². The predicted octanol–water partition coefficient (Wildman–Crippen LogP) is 2.93. The fourth-order valence-corrected chi connectivity index (χ4v) is 1.69. The Balaban J connectivity index is 2.54. The number of methoxy groups -OCH3 is 1. The highest BCUT2D eigenvalue weighted by Crippen LogP contribution is 2.41. The van der Waals surface area contributed by atoms with E-state index in [0.717, 1.165) is 0 Å². The summed E-state index contributed by atoms with van der Waals surface area (Å²) in [7, 11) is 1.34.